The molecule has 1 aromatic rings. The first kappa shape index (κ1) is 10.3. The van der Waals surface area contributed by atoms with E-state index in [-0.39, 0.29) is 6.04 Å². The molecule has 0 amide bonds. The summed E-state index contributed by atoms with van der Waals surface area (Å²) in [6, 6.07) is 2.38. The standard InChI is InChI=1S/C10H16N2S/c1-6-5-10(8(3)13-6)7(2)12-9(4)11/h5,7H,1-4H3,(H2,11,12). The van der Waals surface area contributed by atoms with Gasteiger partial charge in [-0.05, 0) is 39.3 Å². The highest BCUT2D eigenvalue weighted by Crippen LogP contribution is 2.28. The monoisotopic (exact) mass is 196 g/mol. The molecule has 13 heavy (non-hydrogen) atoms. The Labute approximate surface area is 83.5 Å². The van der Waals surface area contributed by atoms with Crippen LogP contribution in [0.15, 0.2) is 11.1 Å². The Bertz CT molecular complexity index is 322. The van der Waals surface area contributed by atoms with E-state index in [1.807, 2.05) is 18.3 Å². The molecule has 1 atom stereocenters. The minimum absolute atomic E-state index is 0.190. The van der Waals surface area contributed by atoms with E-state index in [9.17, 15) is 0 Å². The number of thiophene rings is 1. The smallest absolute Gasteiger partial charge is 0.0913 e. The molecule has 0 aliphatic heterocycles. The second kappa shape index (κ2) is 3.92. The van der Waals surface area contributed by atoms with Crippen molar-refractivity contribution in [3.63, 3.8) is 0 Å². The third-order valence-corrected chi connectivity index (χ3v) is 2.91. The number of amidine groups is 1. The summed E-state index contributed by atoms with van der Waals surface area (Å²) in [6.45, 7) is 8.15. The zero-order chi connectivity index (χ0) is 10.0. The molecule has 0 radical (unpaired) electrons. The number of rotatable bonds is 2. The highest BCUT2D eigenvalue weighted by atomic mass is 32.1. The summed E-state index contributed by atoms with van der Waals surface area (Å²) >= 11 is 1.81. The first-order chi connectivity index (χ1) is 6.00. The summed E-state index contributed by atoms with van der Waals surface area (Å²) in [5.74, 6) is 0.649. The fraction of sp³-hybridized carbons (Fsp3) is 0.500. The molecule has 0 bridgehead atoms. The fourth-order valence-electron chi connectivity index (χ4n) is 1.44. The molecule has 0 spiro atoms. The molecule has 0 saturated heterocycles. The maximum absolute atomic E-state index is 5.54. The van der Waals surface area contributed by atoms with Crippen molar-refractivity contribution in [3.8, 4) is 0 Å². The molecule has 1 heterocycles. The Hall–Kier alpha value is -0.830. The van der Waals surface area contributed by atoms with Crippen LogP contribution >= 0.6 is 11.3 Å². The predicted molar refractivity (Wildman–Crippen MR) is 59.5 cm³/mol. The Kier molecular flexibility index (Phi) is 3.09. The van der Waals surface area contributed by atoms with Crippen LogP contribution in [0.3, 0.4) is 0 Å². The zero-order valence-corrected chi connectivity index (χ0v) is 9.40. The van der Waals surface area contributed by atoms with E-state index >= 15 is 0 Å². The minimum atomic E-state index is 0.190. The first-order valence-corrected chi connectivity index (χ1v) is 5.19. The lowest BCUT2D eigenvalue weighted by Gasteiger charge is -2.05. The molecule has 72 valence electrons. The van der Waals surface area contributed by atoms with Crippen molar-refractivity contribution in [3.05, 3.63) is 21.4 Å². The molecule has 1 unspecified atom stereocenters. The zero-order valence-electron chi connectivity index (χ0n) is 8.59. The van der Waals surface area contributed by atoms with Gasteiger partial charge in [0, 0.05) is 9.75 Å². The first-order valence-electron chi connectivity index (χ1n) is 4.37. The van der Waals surface area contributed by atoms with Crippen molar-refractivity contribution in [2.24, 2.45) is 10.7 Å². The van der Waals surface area contributed by atoms with Crippen LogP contribution in [0.5, 0.6) is 0 Å². The third-order valence-electron chi connectivity index (χ3n) is 1.93. The van der Waals surface area contributed by atoms with Gasteiger partial charge in [0.2, 0.25) is 0 Å². The van der Waals surface area contributed by atoms with E-state index < -0.39 is 0 Å². The molecule has 2 nitrogen and oxygen atoms in total. The van der Waals surface area contributed by atoms with Crippen molar-refractivity contribution in [1.82, 2.24) is 0 Å². The maximum atomic E-state index is 5.54. The number of nitrogens with two attached hydrogens (primary N) is 1. The summed E-state index contributed by atoms with van der Waals surface area (Å²) in [5, 5.41) is 0. The van der Waals surface area contributed by atoms with Crippen LogP contribution in [0, 0.1) is 13.8 Å². The van der Waals surface area contributed by atoms with E-state index in [0.29, 0.717) is 5.84 Å². The fourth-order valence-corrected chi connectivity index (χ4v) is 2.46. The highest BCUT2D eigenvalue weighted by molar-refractivity contribution is 7.12. The molecular formula is C10H16N2S. The molecule has 1 aromatic heterocycles. The average molecular weight is 196 g/mol. The van der Waals surface area contributed by atoms with Crippen LogP contribution in [0.2, 0.25) is 0 Å². The van der Waals surface area contributed by atoms with Gasteiger partial charge in [0.25, 0.3) is 0 Å². The molecule has 1 rings (SSSR count). The molecule has 0 saturated carbocycles. The lowest BCUT2D eigenvalue weighted by atomic mass is 10.1. The molecule has 0 fully saturated rings. The molecule has 3 heteroatoms. The molecular weight excluding hydrogens is 180 g/mol. The molecule has 0 aliphatic carbocycles. The van der Waals surface area contributed by atoms with Gasteiger partial charge in [-0.25, -0.2) is 0 Å². The van der Waals surface area contributed by atoms with Crippen LogP contribution in [0.25, 0.3) is 0 Å². The largest absolute Gasteiger partial charge is 0.388 e. The van der Waals surface area contributed by atoms with E-state index in [1.165, 1.54) is 15.3 Å². The van der Waals surface area contributed by atoms with Gasteiger partial charge >= 0.3 is 0 Å². The number of hydrogen-bond acceptors (Lipinski definition) is 2. The topological polar surface area (TPSA) is 38.4 Å². The number of nitrogens with zero attached hydrogens (tertiary/aromatic N) is 1. The van der Waals surface area contributed by atoms with Gasteiger partial charge in [0.15, 0.2) is 0 Å². The van der Waals surface area contributed by atoms with Crippen LogP contribution in [-0.4, -0.2) is 5.84 Å². The second-order valence-electron chi connectivity index (χ2n) is 3.32. The van der Waals surface area contributed by atoms with Gasteiger partial charge in [0.05, 0.1) is 11.9 Å². The maximum Gasteiger partial charge on any atom is 0.0913 e. The van der Waals surface area contributed by atoms with Gasteiger partial charge < -0.3 is 5.73 Å². The average Bonchev–Trinajstić information content (AvgIpc) is 2.28. The lowest BCUT2D eigenvalue weighted by molar-refractivity contribution is 0.815. The Morgan fingerprint density at radius 2 is 2.15 bits per heavy atom. The van der Waals surface area contributed by atoms with Crippen molar-refractivity contribution >= 4 is 17.2 Å². The van der Waals surface area contributed by atoms with Crippen LogP contribution in [0.4, 0.5) is 0 Å². The highest BCUT2D eigenvalue weighted by Gasteiger charge is 2.09. The SMILES string of the molecule is CC(N)=NC(C)c1cc(C)sc1C. The third kappa shape index (κ3) is 2.56. The summed E-state index contributed by atoms with van der Waals surface area (Å²) < 4.78 is 0. The van der Waals surface area contributed by atoms with Crippen LogP contribution in [0.1, 0.15) is 35.2 Å². The van der Waals surface area contributed by atoms with E-state index in [0.717, 1.165) is 0 Å². The lowest BCUT2D eigenvalue weighted by Crippen LogP contribution is -2.07. The summed E-state index contributed by atoms with van der Waals surface area (Å²) in [6.07, 6.45) is 0. The quantitative estimate of drug-likeness (QED) is 0.573. The summed E-state index contributed by atoms with van der Waals surface area (Å²) in [7, 11) is 0. The molecule has 2 N–H and O–H groups in total. The van der Waals surface area contributed by atoms with Crippen LogP contribution < -0.4 is 5.73 Å². The van der Waals surface area contributed by atoms with Crippen molar-refractivity contribution in [2.75, 3.05) is 0 Å². The van der Waals surface area contributed by atoms with Crippen molar-refractivity contribution in [1.29, 1.82) is 0 Å². The second-order valence-corrected chi connectivity index (χ2v) is 4.78. The van der Waals surface area contributed by atoms with Gasteiger partial charge in [-0.1, -0.05) is 0 Å². The van der Waals surface area contributed by atoms with E-state index in [1.54, 1.807) is 0 Å². The summed E-state index contributed by atoms with van der Waals surface area (Å²) in [4.78, 5) is 7.00. The Morgan fingerprint density at radius 3 is 2.54 bits per heavy atom. The number of hydrogen-bond donors (Lipinski definition) is 1. The molecule has 0 aromatic carbocycles. The van der Waals surface area contributed by atoms with Crippen LogP contribution in [-0.2, 0) is 0 Å². The van der Waals surface area contributed by atoms with E-state index in [2.05, 4.69) is 31.8 Å². The Morgan fingerprint density at radius 1 is 1.54 bits per heavy atom. The number of aliphatic imine (C=N–C) groups is 1. The van der Waals surface area contributed by atoms with Gasteiger partial charge in [-0.2, -0.15) is 0 Å². The number of aryl methyl sites for hydroxylation is 2. The van der Waals surface area contributed by atoms with Gasteiger partial charge in [-0.15, -0.1) is 11.3 Å². The van der Waals surface area contributed by atoms with Crippen molar-refractivity contribution < 1.29 is 0 Å². The molecule has 0 aliphatic rings. The normalized spacial score (nSPS) is 14.6. The van der Waals surface area contributed by atoms with Crippen molar-refractivity contribution in [2.45, 2.75) is 33.7 Å². The van der Waals surface area contributed by atoms with Gasteiger partial charge in [-0.3, -0.25) is 4.99 Å². The summed E-state index contributed by atoms with van der Waals surface area (Å²) in [5.41, 5.74) is 6.84. The predicted octanol–water partition coefficient (Wildman–Crippen LogP) is 2.80. The minimum Gasteiger partial charge on any atom is -0.388 e. The van der Waals surface area contributed by atoms with E-state index in [4.69, 9.17) is 5.73 Å². The van der Waals surface area contributed by atoms with Gasteiger partial charge in [0.1, 0.15) is 0 Å². The Balaban J connectivity index is 2.94.